The molecule has 1 aromatic carbocycles. The summed E-state index contributed by atoms with van der Waals surface area (Å²) in [6.07, 6.45) is 3.63. The van der Waals surface area contributed by atoms with Crippen molar-refractivity contribution in [2.45, 2.75) is 25.7 Å². The number of ether oxygens (including phenoxy) is 2. The first-order valence-corrected chi connectivity index (χ1v) is 10.2. The van der Waals surface area contributed by atoms with Crippen molar-refractivity contribution in [3.8, 4) is 11.4 Å². The molecule has 28 heavy (non-hydrogen) atoms. The molecule has 10 heteroatoms. The van der Waals surface area contributed by atoms with E-state index in [9.17, 15) is 18.0 Å². The van der Waals surface area contributed by atoms with E-state index in [1.807, 2.05) is 13.8 Å². The Bertz CT molecular complexity index is 1010. The maximum absolute atomic E-state index is 11.8. The first-order chi connectivity index (χ1) is 13.0. The van der Waals surface area contributed by atoms with Gasteiger partial charge in [0.2, 0.25) is 0 Å². The fourth-order valence-corrected chi connectivity index (χ4v) is 2.83. The molecule has 0 aliphatic heterocycles. The number of sulfone groups is 1. The van der Waals surface area contributed by atoms with Crippen molar-refractivity contribution in [2.75, 3.05) is 12.9 Å². The van der Waals surface area contributed by atoms with Crippen molar-refractivity contribution < 1.29 is 27.5 Å². The first kappa shape index (κ1) is 21.3. The van der Waals surface area contributed by atoms with Gasteiger partial charge < -0.3 is 9.47 Å². The number of rotatable bonds is 6. The predicted octanol–water partition coefficient (Wildman–Crippen LogP) is 2.46. The molecule has 0 aliphatic carbocycles. The number of esters is 1. The molecule has 0 amide bonds. The van der Waals surface area contributed by atoms with E-state index in [4.69, 9.17) is 4.74 Å². The van der Waals surface area contributed by atoms with E-state index >= 15 is 0 Å². The second-order valence-electron chi connectivity index (χ2n) is 6.55. The highest BCUT2D eigenvalue weighted by molar-refractivity contribution is 7.90. The van der Waals surface area contributed by atoms with Crippen LogP contribution in [0.5, 0.6) is 0 Å². The average Bonchev–Trinajstić information content (AvgIpc) is 3.06. The van der Waals surface area contributed by atoms with E-state index in [2.05, 4.69) is 14.8 Å². The van der Waals surface area contributed by atoms with Gasteiger partial charge in [0, 0.05) is 24.1 Å². The summed E-state index contributed by atoms with van der Waals surface area (Å²) in [5.41, 5.74) is 1.26. The van der Waals surface area contributed by atoms with Crippen LogP contribution in [0.2, 0.25) is 0 Å². The van der Waals surface area contributed by atoms with Gasteiger partial charge in [0.05, 0.1) is 11.5 Å². The molecule has 0 unspecified atom stereocenters. The molecule has 9 nitrogen and oxygen atoms in total. The summed E-state index contributed by atoms with van der Waals surface area (Å²) in [5.74, 6) is -0.514. The van der Waals surface area contributed by atoms with Gasteiger partial charge in [0.15, 0.2) is 15.7 Å². The van der Waals surface area contributed by atoms with Crippen molar-refractivity contribution in [2.24, 2.45) is 5.92 Å². The minimum atomic E-state index is -3.37. The first-order valence-electron chi connectivity index (χ1n) is 8.34. The second kappa shape index (κ2) is 8.79. The third-order valence-corrected chi connectivity index (χ3v) is 4.42. The van der Waals surface area contributed by atoms with Crippen LogP contribution >= 0.6 is 0 Å². The third-order valence-electron chi connectivity index (χ3n) is 3.33. The fourth-order valence-electron chi connectivity index (χ4n) is 2.09. The molecule has 0 fully saturated rings. The Kier molecular flexibility index (Phi) is 6.68. The molecule has 0 bridgehead atoms. The normalized spacial score (nSPS) is 11.8. The fraction of sp³-hybridized carbons (Fsp3) is 0.333. The van der Waals surface area contributed by atoms with Crippen LogP contribution in [0.4, 0.5) is 4.79 Å². The lowest BCUT2D eigenvalue weighted by Gasteiger charge is -2.05. The number of hydrogen-bond acceptors (Lipinski definition) is 8. The second-order valence-corrected chi connectivity index (χ2v) is 8.56. The highest BCUT2D eigenvalue weighted by atomic mass is 32.2. The van der Waals surface area contributed by atoms with E-state index in [-0.39, 0.29) is 23.2 Å². The maximum atomic E-state index is 11.8. The Labute approximate surface area is 162 Å². The number of aromatic nitrogens is 3. The molecule has 0 spiro atoms. The maximum Gasteiger partial charge on any atom is 0.516 e. The summed E-state index contributed by atoms with van der Waals surface area (Å²) in [5, 5.41) is 4.16. The van der Waals surface area contributed by atoms with Gasteiger partial charge >= 0.3 is 12.1 Å². The lowest BCUT2D eigenvalue weighted by molar-refractivity contribution is -0.134. The molecule has 2 rings (SSSR count). The van der Waals surface area contributed by atoms with Gasteiger partial charge in [-0.1, -0.05) is 13.8 Å². The molecule has 0 radical (unpaired) electrons. The molecule has 0 saturated heterocycles. The van der Waals surface area contributed by atoms with Crippen LogP contribution < -0.4 is 0 Å². The van der Waals surface area contributed by atoms with Gasteiger partial charge in [0.1, 0.15) is 6.33 Å². The predicted molar refractivity (Wildman–Crippen MR) is 101 cm³/mol. The number of aryl methyl sites for hydroxylation is 1. The molecule has 150 valence electrons. The van der Waals surface area contributed by atoms with Gasteiger partial charge in [-0.15, -0.1) is 5.10 Å². The van der Waals surface area contributed by atoms with Crippen LogP contribution in [0, 0.1) is 12.8 Å². The SMILES string of the molecule is Cc1cc(-c2ncn(/C=C\C(=O)OC(=O)OCC(C)C)n2)cc(S(C)(=O)=O)c1. The summed E-state index contributed by atoms with van der Waals surface area (Å²) < 4.78 is 34.0. The van der Waals surface area contributed by atoms with Crippen LogP contribution in [0.15, 0.2) is 35.5 Å². The molecule has 0 aliphatic rings. The van der Waals surface area contributed by atoms with Gasteiger partial charge in [0.25, 0.3) is 0 Å². The molecule has 0 saturated carbocycles. The number of nitrogens with zero attached hydrogens (tertiary/aromatic N) is 3. The van der Waals surface area contributed by atoms with Crippen molar-refractivity contribution >= 4 is 28.2 Å². The van der Waals surface area contributed by atoms with Crippen molar-refractivity contribution in [3.05, 3.63) is 36.2 Å². The number of hydrogen-bond donors (Lipinski definition) is 0. The Morgan fingerprint density at radius 3 is 2.61 bits per heavy atom. The largest absolute Gasteiger partial charge is 0.516 e. The van der Waals surface area contributed by atoms with Gasteiger partial charge in [-0.25, -0.2) is 27.7 Å². The van der Waals surface area contributed by atoms with E-state index < -0.39 is 22.0 Å². The van der Waals surface area contributed by atoms with Crippen LogP contribution in [0.25, 0.3) is 17.6 Å². The Morgan fingerprint density at radius 2 is 1.96 bits per heavy atom. The zero-order valence-electron chi connectivity index (χ0n) is 15.9. The van der Waals surface area contributed by atoms with E-state index in [0.717, 1.165) is 17.9 Å². The zero-order chi connectivity index (χ0) is 20.9. The summed E-state index contributed by atoms with van der Waals surface area (Å²) >= 11 is 0. The number of carbonyl (C=O) groups excluding carboxylic acids is 2. The summed E-state index contributed by atoms with van der Waals surface area (Å²) in [7, 11) is -3.37. The van der Waals surface area contributed by atoms with E-state index in [0.29, 0.717) is 5.56 Å². The summed E-state index contributed by atoms with van der Waals surface area (Å²) in [6, 6.07) is 4.78. The third kappa shape index (κ3) is 6.31. The average molecular weight is 407 g/mol. The molecule has 0 N–H and O–H groups in total. The monoisotopic (exact) mass is 407 g/mol. The lowest BCUT2D eigenvalue weighted by Crippen LogP contribution is -2.14. The summed E-state index contributed by atoms with van der Waals surface area (Å²) in [4.78, 5) is 27.2. The van der Waals surface area contributed by atoms with Gasteiger partial charge in [-0.2, -0.15) is 0 Å². The van der Waals surface area contributed by atoms with E-state index in [1.54, 1.807) is 19.1 Å². The smallest absolute Gasteiger partial charge is 0.434 e. The molecule has 2 aromatic rings. The quantitative estimate of drug-likeness (QED) is 0.407. The van der Waals surface area contributed by atoms with Crippen molar-refractivity contribution in [1.29, 1.82) is 0 Å². The Balaban J connectivity index is 2.08. The summed E-state index contributed by atoms with van der Waals surface area (Å²) in [6.45, 7) is 5.62. The van der Waals surface area contributed by atoms with Crippen LogP contribution in [0.3, 0.4) is 0 Å². The Hall–Kier alpha value is -3.01. The molecule has 1 aromatic heterocycles. The van der Waals surface area contributed by atoms with Crippen molar-refractivity contribution in [1.82, 2.24) is 14.8 Å². The topological polar surface area (TPSA) is 117 Å². The molecule has 0 atom stereocenters. The minimum Gasteiger partial charge on any atom is -0.434 e. The molecular weight excluding hydrogens is 386 g/mol. The highest BCUT2D eigenvalue weighted by Crippen LogP contribution is 2.21. The van der Waals surface area contributed by atoms with Crippen LogP contribution in [-0.4, -0.2) is 48.2 Å². The van der Waals surface area contributed by atoms with Gasteiger partial charge in [-0.05, 0) is 36.6 Å². The number of benzene rings is 1. The number of carbonyl (C=O) groups is 2. The minimum absolute atomic E-state index is 0.122. The van der Waals surface area contributed by atoms with Crippen molar-refractivity contribution in [3.63, 3.8) is 0 Å². The van der Waals surface area contributed by atoms with Crippen LogP contribution in [0.1, 0.15) is 19.4 Å². The highest BCUT2D eigenvalue weighted by Gasteiger charge is 2.13. The standard InChI is InChI=1S/C18H21N3O6S/c1-12(2)10-26-18(23)27-16(22)5-6-21-11-19-17(20-21)14-7-13(3)8-15(9-14)28(4,24)25/h5-9,11-12H,10H2,1-4H3/b6-5-. The molecular formula is C18H21N3O6S. The molecule has 1 heterocycles. The lowest BCUT2D eigenvalue weighted by atomic mass is 10.1. The van der Waals surface area contributed by atoms with E-state index in [1.165, 1.54) is 23.3 Å². The van der Waals surface area contributed by atoms with Gasteiger partial charge in [-0.3, -0.25) is 0 Å². The Morgan fingerprint density at radius 1 is 1.25 bits per heavy atom. The van der Waals surface area contributed by atoms with Crippen LogP contribution in [-0.2, 0) is 24.1 Å². The zero-order valence-corrected chi connectivity index (χ0v) is 16.8.